The van der Waals surface area contributed by atoms with Gasteiger partial charge in [0.05, 0.1) is 6.04 Å². The first-order valence-electron chi connectivity index (χ1n) is 7.52. The van der Waals surface area contributed by atoms with Crippen molar-refractivity contribution in [1.82, 2.24) is 4.98 Å². The van der Waals surface area contributed by atoms with Crippen LogP contribution in [0, 0.1) is 0 Å². The highest BCUT2D eigenvalue weighted by molar-refractivity contribution is 5.78. The maximum absolute atomic E-state index is 11.9. The number of nitrogens with one attached hydrogen (secondary N) is 2. The molecule has 0 aliphatic rings. The highest BCUT2D eigenvalue weighted by Crippen LogP contribution is 2.26. The van der Waals surface area contributed by atoms with Crippen LogP contribution in [0.5, 0.6) is 0 Å². The van der Waals surface area contributed by atoms with E-state index in [0.29, 0.717) is 11.4 Å². The number of nitrogens with zero attached hydrogens (tertiary/aromatic N) is 1. The van der Waals surface area contributed by atoms with Gasteiger partial charge >= 0.3 is 0 Å². The van der Waals surface area contributed by atoms with Crippen molar-refractivity contribution in [1.29, 1.82) is 0 Å². The Labute approximate surface area is 133 Å². The first-order chi connectivity index (χ1) is 11.2. The molecule has 0 spiro atoms. The summed E-state index contributed by atoms with van der Waals surface area (Å²) in [6, 6.07) is 13.3. The molecule has 0 aliphatic heterocycles. The first kappa shape index (κ1) is 15.0. The normalized spacial score (nSPS) is 12.0. The van der Waals surface area contributed by atoms with Crippen LogP contribution in [-0.2, 0) is 0 Å². The molecule has 3 rings (SSSR count). The van der Waals surface area contributed by atoms with Crippen LogP contribution in [0.1, 0.15) is 24.9 Å². The minimum Gasteiger partial charge on any atom is -0.373 e. The van der Waals surface area contributed by atoms with Gasteiger partial charge in [-0.25, -0.2) is 0 Å². The Bertz CT molecular complexity index is 853. The molecule has 116 valence electrons. The van der Waals surface area contributed by atoms with Gasteiger partial charge in [-0.3, -0.25) is 14.6 Å². The molecule has 0 amide bonds. The average Bonchev–Trinajstić information content (AvgIpc) is 2.62. The zero-order valence-electron chi connectivity index (χ0n) is 12.7. The topological polar surface area (TPSA) is 71.1 Å². The second kappa shape index (κ2) is 6.44. The molecule has 1 aromatic heterocycles. The summed E-state index contributed by atoms with van der Waals surface area (Å²) in [5.74, 6) is 0. The molecule has 0 radical (unpaired) electrons. The van der Waals surface area contributed by atoms with Crippen molar-refractivity contribution in [2.45, 2.75) is 19.4 Å². The predicted octanol–water partition coefficient (Wildman–Crippen LogP) is 2.98. The van der Waals surface area contributed by atoms with E-state index in [0.717, 1.165) is 17.7 Å². The minimum atomic E-state index is -0.493. The minimum absolute atomic E-state index is 0.0162. The summed E-state index contributed by atoms with van der Waals surface area (Å²) in [5, 5.41) is 6.20. The third-order valence-corrected chi connectivity index (χ3v) is 3.79. The zero-order chi connectivity index (χ0) is 16.2. The summed E-state index contributed by atoms with van der Waals surface area (Å²) in [5.41, 5.74) is 1.50. The van der Waals surface area contributed by atoms with Crippen molar-refractivity contribution in [3.63, 3.8) is 0 Å². The van der Waals surface area contributed by atoms with Gasteiger partial charge < -0.3 is 10.6 Å². The van der Waals surface area contributed by atoms with Gasteiger partial charge in [0.1, 0.15) is 11.4 Å². The number of rotatable bonds is 6. The lowest BCUT2D eigenvalue weighted by Crippen LogP contribution is -2.37. The van der Waals surface area contributed by atoms with E-state index in [1.54, 1.807) is 24.5 Å². The summed E-state index contributed by atoms with van der Waals surface area (Å²) in [6.07, 6.45) is 4.05. The predicted molar refractivity (Wildman–Crippen MR) is 92.0 cm³/mol. The zero-order valence-corrected chi connectivity index (χ0v) is 12.7. The lowest BCUT2D eigenvalue weighted by molar-refractivity contribution is 0.747. The monoisotopic (exact) mass is 307 g/mol. The Morgan fingerprint density at radius 2 is 1.61 bits per heavy atom. The summed E-state index contributed by atoms with van der Waals surface area (Å²) < 4.78 is 0. The van der Waals surface area contributed by atoms with Crippen LogP contribution in [0.25, 0.3) is 0 Å². The maximum Gasteiger partial charge on any atom is 0.253 e. The van der Waals surface area contributed by atoms with E-state index in [1.165, 1.54) is 0 Å². The molecule has 1 heterocycles. The highest BCUT2D eigenvalue weighted by Gasteiger charge is 2.23. The molecular weight excluding hydrogens is 290 g/mol. The fraction of sp³-hybridized carbons (Fsp3) is 0.167. The molecule has 2 N–H and O–H groups in total. The number of benzene rings is 1. The standard InChI is InChI=1S/C18H17N3O2/c1-2-14(12-6-4-3-5-7-12)21-16-15(17(22)18(16)23)20-13-8-10-19-11-9-13/h3-11,14,21H,2H2,1H3,(H,19,20). The van der Waals surface area contributed by atoms with Crippen LogP contribution in [-0.4, -0.2) is 4.98 Å². The third kappa shape index (κ3) is 2.99. The Morgan fingerprint density at radius 1 is 0.957 bits per heavy atom. The van der Waals surface area contributed by atoms with Crippen LogP contribution in [0.15, 0.2) is 64.4 Å². The number of pyridine rings is 1. The summed E-state index contributed by atoms with van der Waals surface area (Å²) >= 11 is 0. The van der Waals surface area contributed by atoms with Gasteiger partial charge in [0.25, 0.3) is 10.9 Å². The molecular formula is C18H17N3O2. The summed E-state index contributed by atoms with van der Waals surface area (Å²) in [4.78, 5) is 27.7. The van der Waals surface area contributed by atoms with E-state index in [2.05, 4.69) is 15.6 Å². The Hall–Kier alpha value is -2.95. The smallest absolute Gasteiger partial charge is 0.253 e. The van der Waals surface area contributed by atoms with E-state index in [1.807, 2.05) is 37.3 Å². The SMILES string of the molecule is CCC(Nc1c(Nc2ccncc2)c(=O)c1=O)c1ccccc1. The van der Waals surface area contributed by atoms with Gasteiger partial charge in [-0.2, -0.15) is 0 Å². The molecule has 0 saturated carbocycles. The fourth-order valence-electron chi connectivity index (χ4n) is 2.51. The molecule has 0 fully saturated rings. The maximum atomic E-state index is 11.9. The van der Waals surface area contributed by atoms with E-state index in [4.69, 9.17) is 0 Å². The molecule has 1 atom stereocenters. The van der Waals surface area contributed by atoms with Crippen molar-refractivity contribution in [2.75, 3.05) is 10.6 Å². The van der Waals surface area contributed by atoms with Gasteiger partial charge in [0.15, 0.2) is 0 Å². The van der Waals surface area contributed by atoms with Crippen LogP contribution in [0.4, 0.5) is 17.1 Å². The largest absolute Gasteiger partial charge is 0.373 e. The van der Waals surface area contributed by atoms with Crippen LogP contribution in [0.2, 0.25) is 0 Å². The van der Waals surface area contributed by atoms with E-state index in [-0.39, 0.29) is 6.04 Å². The summed E-state index contributed by atoms with van der Waals surface area (Å²) in [7, 11) is 0. The average molecular weight is 307 g/mol. The first-order valence-corrected chi connectivity index (χ1v) is 7.52. The number of aromatic nitrogens is 1. The number of anilines is 3. The van der Waals surface area contributed by atoms with Crippen LogP contribution < -0.4 is 21.5 Å². The molecule has 0 aliphatic carbocycles. The summed E-state index contributed by atoms with van der Waals surface area (Å²) in [6.45, 7) is 2.03. The van der Waals surface area contributed by atoms with Crippen molar-refractivity contribution in [2.24, 2.45) is 0 Å². The van der Waals surface area contributed by atoms with E-state index < -0.39 is 10.9 Å². The Balaban J connectivity index is 1.85. The third-order valence-electron chi connectivity index (χ3n) is 3.79. The van der Waals surface area contributed by atoms with Gasteiger partial charge in [-0.05, 0) is 24.1 Å². The van der Waals surface area contributed by atoms with Crippen molar-refractivity contribution < 1.29 is 0 Å². The molecule has 3 aromatic rings. The lowest BCUT2D eigenvalue weighted by Gasteiger charge is -2.22. The molecule has 23 heavy (non-hydrogen) atoms. The second-order valence-corrected chi connectivity index (χ2v) is 5.28. The molecule has 0 bridgehead atoms. The number of hydrogen-bond donors (Lipinski definition) is 2. The Kier molecular flexibility index (Phi) is 4.19. The second-order valence-electron chi connectivity index (χ2n) is 5.28. The van der Waals surface area contributed by atoms with Gasteiger partial charge in [0, 0.05) is 18.1 Å². The van der Waals surface area contributed by atoms with Gasteiger partial charge in [-0.1, -0.05) is 37.3 Å². The Morgan fingerprint density at radius 3 is 2.26 bits per heavy atom. The van der Waals surface area contributed by atoms with Crippen molar-refractivity contribution in [3.8, 4) is 0 Å². The molecule has 5 heteroatoms. The number of hydrogen-bond acceptors (Lipinski definition) is 5. The van der Waals surface area contributed by atoms with Crippen molar-refractivity contribution in [3.05, 3.63) is 80.9 Å². The molecule has 1 unspecified atom stereocenters. The fourth-order valence-corrected chi connectivity index (χ4v) is 2.51. The van der Waals surface area contributed by atoms with Gasteiger partial charge in [0.2, 0.25) is 0 Å². The molecule has 0 saturated heterocycles. The van der Waals surface area contributed by atoms with E-state index in [9.17, 15) is 9.59 Å². The van der Waals surface area contributed by atoms with Crippen LogP contribution >= 0.6 is 0 Å². The quantitative estimate of drug-likeness (QED) is 0.685. The highest BCUT2D eigenvalue weighted by atomic mass is 16.2. The molecule has 2 aromatic carbocycles. The van der Waals surface area contributed by atoms with Crippen LogP contribution in [0.3, 0.4) is 0 Å². The lowest BCUT2D eigenvalue weighted by atomic mass is 10.0. The van der Waals surface area contributed by atoms with E-state index >= 15 is 0 Å². The molecule has 5 nitrogen and oxygen atoms in total. The van der Waals surface area contributed by atoms with Gasteiger partial charge in [-0.15, -0.1) is 0 Å². The van der Waals surface area contributed by atoms with Crippen molar-refractivity contribution >= 4 is 17.1 Å².